The molecule has 0 radical (unpaired) electrons. The molecule has 0 aromatic heterocycles. The van der Waals surface area contributed by atoms with Crippen LogP contribution in [0, 0.1) is 27.9 Å². The molecule has 7 rings (SSSR count). The largest absolute Gasteiger partial charge is 0.459 e. The number of ether oxygens (including phenoxy) is 5. The minimum atomic E-state index is -1.57. The molecule has 2 aliphatic carbocycles. The van der Waals surface area contributed by atoms with E-state index in [4.69, 9.17) is 33.7 Å². The molecule has 342 valence electrons. The Labute approximate surface area is 372 Å². The van der Waals surface area contributed by atoms with Gasteiger partial charge in [-0.05, 0) is 91.8 Å². The van der Waals surface area contributed by atoms with E-state index < -0.39 is 41.1 Å². The molecule has 16 nitrogen and oxygen atoms in total. The molecule has 16 heteroatoms. The zero-order valence-corrected chi connectivity index (χ0v) is 36.2. The number of allylic oxidation sites excluding steroid dienone is 1. The minimum absolute atomic E-state index is 0.0270. The van der Waals surface area contributed by atoms with Gasteiger partial charge >= 0.3 is 12.2 Å². The van der Waals surface area contributed by atoms with E-state index >= 15 is 0 Å². The molecule has 2 fully saturated rings. The molecule has 7 atom stereocenters. The molecule has 1 saturated heterocycles. The van der Waals surface area contributed by atoms with E-state index in [-0.39, 0.29) is 62.0 Å². The zero-order valence-electron chi connectivity index (χ0n) is 36.2. The second-order valence-corrected chi connectivity index (χ2v) is 16.6. The predicted octanol–water partition coefficient (Wildman–Crippen LogP) is 8.17. The van der Waals surface area contributed by atoms with Gasteiger partial charge in [-0.15, -0.1) is 6.58 Å². The first-order chi connectivity index (χ1) is 31.1. The van der Waals surface area contributed by atoms with Crippen molar-refractivity contribution in [2.24, 2.45) is 22.9 Å². The fourth-order valence-electron chi connectivity index (χ4n) is 9.56. The average Bonchev–Trinajstić information content (AvgIpc) is 3.31. The summed E-state index contributed by atoms with van der Waals surface area (Å²) in [5.74, 6) is -1.79. The van der Waals surface area contributed by atoms with E-state index in [1.807, 2.05) is 36.4 Å². The topological polar surface area (TPSA) is 201 Å². The summed E-state index contributed by atoms with van der Waals surface area (Å²) in [6.45, 7) is 4.91. The number of nitrogens with zero attached hydrogens (tertiary/aromatic N) is 3. The Bertz CT molecular complexity index is 2140. The Morgan fingerprint density at radius 1 is 1.00 bits per heavy atom. The molecular formula is C48H58N4O12. The third kappa shape index (κ3) is 10.6. The van der Waals surface area contributed by atoms with E-state index in [2.05, 4.69) is 18.0 Å². The lowest BCUT2D eigenvalue weighted by atomic mass is 9.55. The molecule has 0 spiro atoms. The Hall–Kier alpha value is -5.81. The lowest BCUT2D eigenvalue weighted by Gasteiger charge is -2.59. The predicted molar refractivity (Wildman–Crippen MR) is 236 cm³/mol. The van der Waals surface area contributed by atoms with Gasteiger partial charge in [-0.25, -0.2) is 9.59 Å². The van der Waals surface area contributed by atoms with Crippen LogP contribution in [0.1, 0.15) is 81.3 Å². The molecule has 64 heavy (non-hydrogen) atoms. The summed E-state index contributed by atoms with van der Waals surface area (Å²) < 4.78 is 31.8. The van der Waals surface area contributed by atoms with Gasteiger partial charge in [0.25, 0.3) is 5.69 Å². The smallest absolute Gasteiger partial charge is 0.415 e. The molecule has 2 amide bonds. The highest BCUT2D eigenvalue weighted by Crippen LogP contribution is 2.62. The van der Waals surface area contributed by atoms with Gasteiger partial charge in [0.1, 0.15) is 23.3 Å². The molecule has 1 saturated carbocycles. The number of aliphatic hydroxyl groups excluding tert-OH is 2. The quantitative estimate of drug-likeness (QED) is 0.0452. The SMILES string of the molecule is C=CCOC12Oc3ccc(OC(=O)NCc4ccccc4)cc3C3C(CCCCO)C(CCCCO)C=C(C(=NOC4CCCCO4)CC1N(C)C(=O)Oc1ccc([N+](=O)[O-])cc1)C32. The van der Waals surface area contributed by atoms with Crippen LogP contribution >= 0.6 is 0 Å². The van der Waals surface area contributed by atoms with Crippen LogP contribution in [0.25, 0.3) is 0 Å². The van der Waals surface area contributed by atoms with Gasteiger partial charge in [-0.1, -0.05) is 60.5 Å². The lowest BCUT2D eigenvalue weighted by Crippen LogP contribution is -2.69. The molecule has 3 aromatic carbocycles. The van der Waals surface area contributed by atoms with Crippen LogP contribution in [0.2, 0.25) is 0 Å². The van der Waals surface area contributed by atoms with Crippen molar-refractivity contribution in [2.45, 2.75) is 94.8 Å². The third-order valence-corrected chi connectivity index (χ3v) is 12.6. The number of aliphatic hydroxyl groups is 2. The Kier molecular flexibility index (Phi) is 15.7. The summed E-state index contributed by atoms with van der Waals surface area (Å²) in [6.07, 6.45) is 8.63. The van der Waals surface area contributed by atoms with Crippen LogP contribution in [0.5, 0.6) is 17.2 Å². The number of hydrogen-bond donors (Lipinski definition) is 3. The summed E-state index contributed by atoms with van der Waals surface area (Å²) in [4.78, 5) is 45.9. The van der Waals surface area contributed by atoms with Crippen molar-refractivity contribution in [3.05, 3.63) is 118 Å². The zero-order chi connectivity index (χ0) is 45.1. The highest BCUT2D eigenvalue weighted by Gasteiger charge is 2.65. The summed E-state index contributed by atoms with van der Waals surface area (Å²) in [6, 6.07) is 19.1. The van der Waals surface area contributed by atoms with E-state index in [1.165, 1.54) is 29.2 Å². The average molecular weight is 883 g/mol. The number of unbranched alkanes of at least 4 members (excludes halogenated alkanes) is 2. The standard InChI is InChI=1S/C48H58N4O12/c1-3-26-60-48-42(51(2)47(56)62-35-20-18-34(19-21-35)52(57)58)30-40(50-64-43-17-9-12-27-59-43)38-28-33(15-7-10-24-53)37(16-8-11-25-54)44(45(38)48)39-29-36(22-23-41(39)63-48)61-46(55)49-31-32-13-5-4-6-14-32/h3-6,13-14,18-23,28-29,33,37,42-45,53-54H,1,7-12,15-17,24-27,30-31H2,2H3,(H,49,55). The number of likely N-dealkylation sites (N-methyl/N-ethyl adjacent to an activating group) is 1. The molecular weight excluding hydrogens is 825 g/mol. The lowest BCUT2D eigenvalue weighted by molar-refractivity contribution is -0.384. The highest BCUT2D eigenvalue weighted by molar-refractivity contribution is 6.03. The van der Waals surface area contributed by atoms with Crippen LogP contribution in [0.3, 0.4) is 0 Å². The molecule has 3 aromatic rings. The minimum Gasteiger partial charge on any atom is -0.459 e. The first-order valence-corrected chi connectivity index (χ1v) is 22.2. The van der Waals surface area contributed by atoms with E-state index in [0.29, 0.717) is 55.9 Å². The van der Waals surface area contributed by atoms with Crippen molar-refractivity contribution in [1.82, 2.24) is 10.2 Å². The van der Waals surface area contributed by atoms with Crippen molar-refractivity contribution < 1.29 is 53.2 Å². The van der Waals surface area contributed by atoms with Crippen LogP contribution in [-0.4, -0.2) is 89.5 Å². The van der Waals surface area contributed by atoms with Crippen molar-refractivity contribution in [3.63, 3.8) is 0 Å². The fourth-order valence-corrected chi connectivity index (χ4v) is 9.56. The number of non-ortho nitro benzene ring substituents is 1. The monoisotopic (exact) mass is 882 g/mol. The molecule has 2 aliphatic heterocycles. The van der Waals surface area contributed by atoms with Gasteiger partial charge < -0.3 is 49.0 Å². The highest BCUT2D eigenvalue weighted by atomic mass is 16.8. The molecule has 7 unspecified atom stereocenters. The summed E-state index contributed by atoms with van der Waals surface area (Å²) in [7, 11) is 1.59. The maximum Gasteiger partial charge on any atom is 0.415 e. The van der Waals surface area contributed by atoms with Gasteiger partial charge in [0.05, 0.1) is 29.8 Å². The van der Waals surface area contributed by atoms with Crippen LogP contribution < -0.4 is 19.5 Å². The maximum atomic E-state index is 14.3. The van der Waals surface area contributed by atoms with Crippen molar-refractivity contribution >= 4 is 23.6 Å². The number of carbonyl (C=O) groups excluding carboxylic acids is 2. The molecule has 0 bridgehead atoms. The van der Waals surface area contributed by atoms with Crippen molar-refractivity contribution in [1.29, 1.82) is 0 Å². The van der Waals surface area contributed by atoms with Crippen LogP contribution in [-0.2, 0) is 20.9 Å². The van der Waals surface area contributed by atoms with Gasteiger partial charge in [-0.2, -0.15) is 0 Å². The number of carbonyl (C=O) groups is 2. The number of amides is 2. The number of oxime groups is 1. The third-order valence-electron chi connectivity index (χ3n) is 12.6. The van der Waals surface area contributed by atoms with Gasteiger partial charge in [0, 0.05) is 63.3 Å². The van der Waals surface area contributed by atoms with Gasteiger partial charge in [0.2, 0.25) is 12.1 Å². The number of rotatable bonds is 19. The van der Waals surface area contributed by atoms with E-state index in [0.717, 1.165) is 42.4 Å². The van der Waals surface area contributed by atoms with Crippen LogP contribution in [0.4, 0.5) is 15.3 Å². The number of fused-ring (bicyclic) bond motifs is 2. The van der Waals surface area contributed by atoms with E-state index in [9.17, 15) is 29.9 Å². The second kappa shape index (κ2) is 21.7. The number of hydrogen-bond acceptors (Lipinski definition) is 13. The van der Waals surface area contributed by atoms with Crippen LogP contribution in [0.15, 0.2) is 102 Å². The summed E-state index contributed by atoms with van der Waals surface area (Å²) in [5, 5.41) is 38.8. The molecule has 4 aliphatic rings. The summed E-state index contributed by atoms with van der Waals surface area (Å²) in [5.41, 5.74) is 2.93. The Morgan fingerprint density at radius 2 is 1.75 bits per heavy atom. The van der Waals surface area contributed by atoms with E-state index in [1.54, 1.807) is 25.3 Å². The first-order valence-electron chi connectivity index (χ1n) is 22.2. The number of nitrogens with one attached hydrogen (secondary N) is 1. The second-order valence-electron chi connectivity index (χ2n) is 16.6. The van der Waals surface area contributed by atoms with Crippen molar-refractivity contribution in [2.75, 3.05) is 33.5 Å². The number of nitro groups is 1. The van der Waals surface area contributed by atoms with Gasteiger partial charge in [0.15, 0.2) is 0 Å². The number of nitro benzene ring substituents is 1. The Balaban J connectivity index is 1.35. The maximum absolute atomic E-state index is 14.3. The fraction of sp³-hybridized carbons (Fsp3) is 0.479. The molecule has 3 N–H and O–H groups in total. The normalized spacial score (nSPS) is 25.1. The van der Waals surface area contributed by atoms with Crippen molar-refractivity contribution in [3.8, 4) is 17.2 Å². The first kappa shape index (κ1) is 46.2. The molecule has 2 heterocycles. The number of benzene rings is 3. The van der Waals surface area contributed by atoms with Gasteiger partial charge in [-0.3, -0.25) is 10.1 Å². The summed E-state index contributed by atoms with van der Waals surface area (Å²) >= 11 is 0. The Morgan fingerprint density at radius 3 is 2.45 bits per heavy atom.